The van der Waals surface area contributed by atoms with Crippen LogP contribution in [0.5, 0.6) is 0 Å². The first-order valence-corrected chi connectivity index (χ1v) is 11.0. The first-order chi connectivity index (χ1) is 16.4. The first-order valence-electron chi connectivity index (χ1n) is 11.0. The second-order valence-electron chi connectivity index (χ2n) is 8.43. The fourth-order valence-corrected chi connectivity index (χ4v) is 4.47. The van der Waals surface area contributed by atoms with Crippen LogP contribution in [0.15, 0.2) is 35.6 Å². The van der Waals surface area contributed by atoms with Gasteiger partial charge in [0.25, 0.3) is 0 Å². The minimum atomic E-state index is -0.515. The second-order valence-corrected chi connectivity index (χ2v) is 8.43. The first kappa shape index (κ1) is 23.6. The number of nitrogens with two attached hydrogens (primary N) is 2. The molecular weight excluding hydrogens is 439 g/mol. The van der Waals surface area contributed by atoms with E-state index in [1.165, 1.54) is 17.4 Å². The van der Waals surface area contributed by atoms with E-state index in [-0.39, 0.29) is 30.0 Å². The molecule has 2 saturated heterocycles. The van der Waals surface area contributed by atoms with E-state index in [2.05, 4.69) is 15.0 Å². The van der Waals surface area contributed by atoms with Crippen LogP contribution in [0.3, 0.4) is 0 Å². The zero-order valence-electron chi connectivity index (χ0n) is 18.9. The number of anilines is 1. The van der Waals surface area contributed by atoms with Crippen molar-refractivity contribution in [3.05, 3.63) is 58.5 Å². The van der Waals surface area contributed by atoms with Gasteiger partial charge in [-0.1, -0.05) is 12.1 Å². The molecule has 4 N–H and O–H groups in total. The van der Waals surface area contributed by atoms with Crippen LogP contribution in [-0.4, -0.2) is 65.9 Å². The van der Waals surface area contributed by atoms with Crippen molar-refractivity contribution in [1.29, 1.82) is 5.26 Å². The Hall–Kier alpha value is -3.59. The SMILES string of the molecule is Cc1c(C2CN3CCN(C(=O)Cc4ccc(N(N)/C=N\N)nc4)CC3CO2)ccc(F)c1C#N. The molecule has 1 aromatic heterocycles. The molecule has 11 heteroatoms. The molecule has 0 bridgehead atoms. The molecule has 2 fully saturated rings. The number of hydrazine groups is 1. The number of benzene rings is 1. The average molecular weight is 467 g/mol. The van der Waals surface area contributed by atoms with Crippen LogP contribution in [0.25, 0.3) is 0 Å². The molecule has 3 heterocycles. The van der Waals surface area contributed by atoms with Gasteiger partial charge >= 0.3 is 0 Å². The van der Waals surface area contributed by atoms with Crippen LogP contribution >= 0.6 is 0 Å². The molecule has 0 radical (unpaired) electrons. The normalized spacial score (nSPS) is 20.7. The number of hydrogen-bond acceptors (Lipinski definition) is 8. The molecule has 0 spiro atoms. The van der Waals surface area contributed by atoms with E-state index >= 15 is 0 Å². The third kappa shape index (κ3) is 4.84. The molecule has 178 valence electrons. The maximum absolute atomic E-state index is 13.9. The van der Waals surface area contributed by atoms with Crippen LogP contribution in [0.2, 0.25) is 0 Å². The molecular formula is C23H27FN8O2. The number of carbonyl (C=O) groups is 1. The Labute approximate surface area is 197 Å². The molecule has 2 aliphatic rings. The largest absolute Gasteiger partial charge is 0.370 e. The minimum Gasteiger partial charge on any atom is -0.370 e. The number of morpholine rings is 1. The number of aromatic nitrogens is 1. The second kappa shape index (κ2) is 10.1. The Morgan fingerprint density at radius 3 is 2.91 bits per heavy atom. The molecule has 0 saturated carbocycles. The van der Waals surface area contributed by atoms with Gasteiger partial charge in [-0.15, -0.1) is 0 Å². The predicted molar refractivity (Wildman–Crippen MR) is 124 cm³/mol. The number of carbonyl (C=O) groups excluding carboxylic acids is 1. The Kier molecular flexibility index (Phi) is 7.02. The third-order valence-corrected chi connectivity index (χ3v) is 6.38. The molecule has 2 aromatic rings. The van der Waals surface area contributed by atoms with Crippen molar-refractivity contribution >= 4 is 18.1 Å². The van der Waals surface area contributed by atoms with E-state index in [0.29, 0.717) is 37.6 Å². The standard InChI is InChI=1S/C23H27FN8O2/c1-15-18(3-4-20(24)19(15)9-25)21-12-30-6-7-31(11-17(30)13-34-21)23(33)8-16-2-5-22(28-10-16)32(27)14-29-26/h2-5,10,14,17,21H,6-8,11-13,26-27H2,1H3/b29-14-. The molecule has 10 nitrogen and oxygen atoms in total. The molecule has 2 aliphatic heterocycles. The highest BCUT2D eigenvalue weighted by atomic mass is 19.1. The summed E-state index contributed by atoms with van der Waals surface area (Å²) in [5.74, 6) is 10.8. The smallest absolute Gasteiger partial charge is 0.227 e. The lowest BCUT2D eigenvalue weighted by Crippen LogP contribution is -2.59. The maximum Gasteiger partial charge on any atom is 0.227 e. The zero-order chi connectivity index (χ0) is 24.2. The van der Waals surface area contributed by atoms with Crippen molar-refractivity contribution in [1.82, 2.24) is 14.8 Å². The van der Waals surface area contributed by atoms with Crippen LogP contribution < -0.4 is 16.7 Å². The lowest BCUT2D eigenvalue weighted by molar-refractivity contribution is -0.139. The van der Waals surface area contributed by atoms with Gasteiger partial charge in [-0.05, 0) is 35.7 Å². The van der Waals surface area contributed by atoms with E-state index in [1.54, 1.807) is 31.3 Å². The van der Waals surface area contributed by atoms with Crippen molar-refractivity contribution in [3.8, 4) is 6.07 Å². The van der Waals surface area contributed by atoms with Gasteiger partial charge in [0.1, 0.15) is 24.0 Å². The summed E-state index contributed by atoms with van der Waals surface area (Å²) < 4.78 is 20.0. The average Bonchev–Trinajstić information content (AvgIpc) is 2.84. The van der Waals surface area contributed by atoms with E-state index in [4.69, 9.17) is 16.4 Å². The number of hydrogen-bond donors (Lipinski definition) is 2. The van der Waals surface area contributed by atoms with Gasteiger partial charge in [-0.25, -0.2) is 20.2 Å². The van der Waals surface area contributed by atoms with Crippen molar-refractivity contribution < 1.29 is 13.9 Å². The summed E-state index contributed by atoms with van der Waals surface area (Å²) in [4.78, 5) is 21.3. The van der Waals surface area contributed by atoms with Crippen molar-refractivity contribution in [2.24, 2.45) is 16.8 Å². The van der Waals surface area contributed by atoms with Gasteiger partial charge in [0, 0.05) is 32.4 Å². The molecule has 4 rings (SSSR count). The molecule has 0 aliphatic carbocycles. The van der Waals surface area contributed by atoms with Gasteiger partial charge < -0.3 is 15.5 Å². The fraction of sp³-hybridized carbons (Fsp3) is 0.391. The molecule has 2 atom stereocenters. The van der Waals surface area contributed by atoms with Gasteiger partial charge in [0.15, 0.2) is 0 Å². The van der Waals surface area contributed by atoms with Crippen LogP contribution in [0.4, 0.5) is 10.2 Å². The number of fused-ring (bicyclic) bond motifs is 1. The van der Waals surface area contributed by atoms with Gasteiger partial charge in [0.05, 0.1) is 30.7 Å². The van der Waals surface area contributed by atoms with E-state index in [1.807, 2.05) is 11.0 Å². The van der Waals surface area contributed by atoms with Crippen LogP contribution in [-0.2, 0) is 16.0 Å². The number of piperazine rings is 1. The minimum absolute atomic E-state index is 0.0255. The summed E-state index contributed by atoms with van der Waals surface area (Å²) in [7, 11) is 0. The molecule has 34 heavy (non-hydrogen) atoms. The number of nitriles is 1. The summed E-state index contributed by atoms with van der Waals surface area (Å²) in [5.41, 5.74) is 2.30. The predicted octanol–water partition coefficient (Wildman–Crippen LogP) is 0.810. The molecule has 1 aromatic carbocycles. The lowest BCUT2D eigenvalue weighted by Gasteiger charge is -2.46. The Morgan fingerprint density at radius 2 is 2.21 bits per heavy atom. The highest BCUT2D eigenvalue weighted by Gasteiger charge is 2.36. The van der Waals surface area contributed by atoms with Crippen molar-refractivity contribution in [3.63, 3.8) is 0 Å². The topological polar surface area (TPSA) is 137 Å². The van der Waals surface area contributed by atoms with Gasteiger partial charge in [-0.2, -0.15) is 10.4 Å². The quantitative estimate of drug-likeness (QED) is 0.286. The summed E-state index contributed by atoms with van der Waals surface area (Å²) >= 11 is 0. The van der Waals surface area contributed by atoms with Crippen LogP contribution in [0.1, 0.15) is 28.4 Å². The number of ether oxygens (including phenoxy) is 1. The van der Waals surface area contributed by atoms with Gasteiger partial charge in [0.2, 0.25) is 5.91 Å². The number of hydrazone groups is 1. The summed E-state index contributed by atoms with van der Waals surface area (Å²) in [5, 5.41) is 13.8. The maximum atomic E-state index is 13.9. The van der Waals surface area contributed by atoms with E-state index in [9.17, 15) is 14.4 Å². The molecule has 1 amide bonds. The summed E-state index contributed by atoms with van der Waals surface area (Å²) in [6, 6.07) is 8.55. The zero-order valence-corrected chi connectivity index (χ0v) is 18.9. The Bertz CT molecular complexity index is 1120. The number of nitrogens with zero attached hydrogens (tertiary/aromatic N) is 6. The Morgan fingerprint density at radius 1 is 1.38 bits per heavy atom. The number of rotatable bonds is 5. The van der Waals surface area contributed by atoms with Crippen molar-refractivity contribution in [2.75, 3.05) is 37.8 Å². The van der Waals surface area contributed by atoms with Crippen molar-refractivity contribution in [2.45, 2.75) is 25.5 Å². The van der Waals surface area contributed by atoms with Gasteiger partial charge in [-0.3, -0.25) is 9.69 Å². The van der Waals surface area contributed by atoms with Crippen LogP contribution in [0, 0.1) is 24.1 Å². The summed E-state index contributed by atoms with van der Waals surface area (Å²) in [6.07, 6.45) is 2.86. The van der Waals surface area contributed by atoms with E-state index < -0.39 is 5.82 Å². The summed E-state index contributed by atoms with van der Waals surface area (Å²) in [6.45, 7) is 4.76. The molecule has 2 unspecified atom stereocenters. The number of halogens is 1. The third-order valence-electron chi connectivity index (χ3n) is 6.38. The lowest BCUT2D eigenvalue weighted by atomic mass is 9.96. The monoisotopic (exact) mass is 466 g/mol. The Balaban J connectivity index is 1.35. The number of pyridine rings is 1. The highest BCUT2D eigenvalue weighted by molar-refractivity contribution is 5.79. The van der Waals surface area contributed by atoms with E-state index in [0.717, 1.165) is 17.7 Å². The highest BCUT2D eigenvalue weighted by Crippen LogP contribution is 2.31. The fourth-order valence-electron chi connectivity index (χ4n) is 4.47. The number of amides is 1.